The highest BCUT2D eigenvalue weighted by atomic mass is 16.5. The van der Waals surface area contributed by atoms with E-state index in [-0.39, 0.29) is 11.4 Å². The lowest BCUT2D eigenvalue weighted by molar-refractivity contribution is -0.159. The summed E-state index contributed by atoms with van der Waals surface area (Å²) in [5.74, 6) is 1.53. The van der Waals surface area contributed by atoms with E-state index >= 15 is 0 Å². The largest absolute Gasteiger partial charge is 0.469 e. The number of hydrogen-bond acceptors (Lipinski definition) is 2. The molecule has 0 aromatic heterocycles. The van der Waals surface area contributed by atoms with Crippen LogP contribution in [-0.4, -0.2) is 13.1 Å². The number of aryl methyl sites for hydroxylation is 1. The van der Waals surface area contributed by atoms with Gasteiger partial charge < -0.3 is 4.74 Å². The number of rotatable bonds is 5. The number of esters is 1. The molecule has 2 rings (SSSR count). The number of carbonyl (C=O) groups is 1. The lowest BCUT2D eigenvalue weighted by atomic mass is 9.61. The van der Waals surface area contributed by atoms with Gasteiger partial charge in [-0.15, -0.1) is 0 Å². The first-order chi connectivity index (χ1) is 10.9. The molecule has 1 aliphatic rings. The summed E-state index contributed by atoms with van der Waals surface area (Å²) >= 11 is 0. The summed E-state index contributed by atoms with van der Waals surface area (Å²) in [5, 5.41) is 0. The monoisotopic (exact) mass is 316 g/mol. The van der Waals surface area contributed by atoms with E-state index in [1.807, 2.05) is 0 Å². The Kier molecular flexibility index (Phi) is 5.89. The number of ether oxygens (including phenoxy) is 1. The van der Waals surface area contributed by atoms with Crippen LogP contribution >= 0.6 is 0 Å². The molecule has 2 heteroatoms. The topological polar surface area (TPSA) is 26.3 Å². The fraction of sp³-hybridized carbons (Fsp3) is 0.667. The Bertz CT molecular complexity index is 534. The van der Waals surface area contributed by atoms with E-state index in [0.29, 0.717) is 17.8 Å². The normalized spacial score (nSPS) is 27.9. The van der Waals surface area contributed by atoms with E-state index in [9.17, 15) is 4.79 Å². The minimum absolute atomic E-state index is 0.0232. The molecule has 0 bridgehead atoms. The fourth-order valence-corrected chi connectivity index (χ4v) is 4.33. The quantitative estimate of drug-likeness (QED) is 0.684. The number of carbonyl (C=O) groups excluding carboxylic acids is 1. The van der Waals surface area contributed by atoms with Crippen molar-refractivity contribution in [3.05, 3.63) is 35.4 Å². The summed E-state index contributed by atoms with van der Waals surface area (Å²) in [6, 6.07) is 8.91. The van der Waals surface area contributed by atoms with Crippen LogP contribution in [0.1, 0.15) is 70.4 Å². The second-order valence-corrected chi connectivity index (χ2v) is 7.82. The van der Waals surface area contributed by atoms with Crippen LogP contribution in [0, 0.1) is 17.3 Å². The van der Waals surface area contributed by atoms with E-state index in [0.717, 1.165) is 25.7 Å². The smallest absolute Gasteiger partial charge is 0.311 e. The molecule has 23 heavy (non-hydrogen) atoms. The molecule has 0 saturated heterocycles. The van der Waals surface area contributed by atoms with Gasteiger partial charge in [0, 0.05) is 0 Å². The van der Waals surface area contributed by atoms with Crippen molar-refractivity contribution in [3.8, 4) is 0 Å². The molecule has 128 valence electrons. The highest BCUT2D eigenvalue weighted by Crippen LogP contribution is 2.47. The van der Waals surface area contributed by atoms with Gasteiger partial charge in [-0.1, -0.05) is 57.9 Å². The third kappa shape index (κ3) is 3.97. The van der Waals surface area contributed by atoms with Crippen LogP contribution in [0.25, 0.3) is 0 Å². The minimum atomic E-state index is -0.317. The van der Waals surface area contributed by atoms with Crippen LogP contribution in [0.2, 0.25) is 0 Å². The van der Waals surface area contributed by atoms with Gasteiger partial charge in [-0.25, -0.2) is 0 Å². The SMILES string of the molecule is COC(=O)[C@]1(C)CCC[C@H](C)[C@H]1CCc1cccc(C(C)C)c1. The van der Waals surface area contributed by atoms with Gasteiger partial charge in [-0.3, -0.25) is 4.79 Å². The maximum absolute atomic E-state index is 12.4. The summed E-state index contributed by atoms with van der Waals surface area (Å²) in [6.45, 7) is 8.88. The average molecular weight is 316 g/mol. The Balaban J connectivity index is 2.12. The molecule has 1 aliphatic carbocycles. The maximum Gasteiger partial charge on any atom is 0.311 e. The molecular weight excluding hydrogens is 284 g/mol. The van der Waals surface area contributed by atoms with E-state index < -0.39 is 0 Å². The van der Waals surface area contributed by atoms with Crippen molar-refractivity contribution >= 4 is 5.97 Å². The van der Waals surface area contributed by atoms with Gasteiger partial charge in [0.1, 0.15) is 0 Å². The van der Waals surface area contributed by atoms with E-state index in [1.54, 1.807) is 0 Å². The van der Waals surface area contributed by atoms with Gasteiger partial charge in [0.25, 0.3) is 0 Å². The van der Waals surface area contributed by atoms with Crippen LogP contribution in [0.3, 0.4) is 0 Å². The van der Waals surface area contributed by atoms with Crippen LogP contribution in [0.4, 0.5) is 0 Å². The van der Waals surface area contributed by atoms with Crippen molar-refractivity contribution in [2.75, 3.05) is 7.11 Å². The van der Waals surface area contributed by atoms with E-state index in [2.05, 4.69) is 52.0 Å². The van der Waals surface area contributed by atoms with Crippen LogP contribution in [0.5, 0.6) is 0 Å². The molecule has 0 spiro atoms. The molecule has 0 aliphatic heterocycles. The molecule has 1 aromatic carbocycles. The molecule has 2 nitrogen and oxygen atoms in total. The summed E-state index contributed by atoms with van der Waals surface area (Å²) in [5.41, 5.74) is 2.47. The van der Waals surface area contributed by atoms with Crippen LogP contribution < -0.4 is 0 Å². The van der Waals surface area contributed by atoms with Crippen molar-refractivity contribution in [1.29, 1.82) is 0 Å². The van der Waals surface area contributed by atoms with Crippen molar-refractivity contribution < 1.29 is 9.53 Å². The average Bonchev–Trinajstić information content (AvgIpc) is 2.53. The Morgan fingerprint density at radius 3 is 2.78 bits per heavy atom. The van der Waals surface area contributed by atoms with Crippen LogP contribution in [0.15, 0.2) is 24.3 Å². The maximum atomic E-state index is 12.4. The molecule has 1 aromatic rings. The second-order valence-electron chi connectivity index (χ2n) is 7.82. The van der Waals surface area contributed by atoms with Gasteiger partial charge >= 0.3 is 5.97 Å². The molecule has 0 radical (unpaired) electrons. The first kappa shape index (κ1) is 18.0. The van der Waals surface area contributed by atoms with Crippen molar-refractivity contribution in [1.82, 2.24) is 0 Å². The number of hydrogen-bond donors (Lipinski definition) is 0. The lowest BCUT2D eigenvalue weighted by Gasteiger charge is -2.43. The Hall–Kier alpha value is -1.31. The zero-order valence-electron chi connectivity index (χ0n) is 15.4. The summed E-state index contributed by atoms with van der Waals surface area (Å²) in [7, 11) is 1.52. The van der Waals surface area contributed by atoms with Crippen molar-refractivity contribution in [3.63, 3.8) is 0 Å². The molecule has 3 atom stereocenters. The van der Waals surface area contributed by atoms with Gasteiger partial charge in [0.2, 0.25) is 0 Å². The third-order valence-corrected chi connectivity index (χ3v) is 5.87. The minimum Gasteiger partial charge on any atom is -0.469 e. The summed E-state index contributed by atoms with van der Waals surface area (Å²) in [4.78, 5) is 12.4. The number of benzene rings is 1. The lowest BCUT2D eigenvalue weighted by Crippen LogP contribution is -2.43. The predicted molar refractivity (Wildman–Crippen MR) is 95.5 cm³/mol. The highest BCUT2D eigenvalue weighted by molar-refractivity contribution is 5.76. The zero-order valence-corrected chi connectivity index (χ0v) is 15.4. The van der Waals surface area contributed by atoms with Gasteiger partial charge in [0.15, 0.2) is 0 Å². The molecule has 0 amide bonds. The van der Waals surface area contributed by atoms with E-state index in [1.165, 1.54) is 24.7 Å². The molecule has 0 heterocycles. The Morgan fingerprint density at radius 2 is 2.13 bits per heavy atom. The standard InChI is InChI=1S/C21H32O2/c1-15(2)18-10-6-9-17(14-18)11-12-19-16(3)8-7-13-21(19,4)20(22)23-5/h6,9-10,14-16,19H,7-8,11-13H2,1-5H3/t16-,19+,21+/m0/s1. The first-order valence-electron chi connectivity index (χ1n) is 9.05. The summed E-state index contributed by atoms with van der Waals surface area (Å²) < 4.78 is 5.13. The highest BCUT2D eigenvalue weighted by Gasteiger charge is 2.46. The Morgan fingerprint density at radius 1 is 1.39 bits per heavy atom. The van der Waals surface area contributed by atoms with Crippen LogP contribution in [-0.2, 0) is 16.0 Å². The molecule has 0 unspecified atom stereocenters. The molecule has 0 N–H and O–H groups in total. The number of methoxy groups -OCH3 is 1. The predicted octanol–water partition coefficient (Wildman–Crippen LogP) is 5.36. The van der Waals surface area contributed by atoms with E-state index in [4.69, 9.17) is 4.74 Å². The third-order valence-electron chi connectivity index (χ3n) is 5.87. The van der Waals surface area contributed by atoms with Gasteiger partial charge in [-0.05, 0) is 55.1 Å². The molecular formula is C21H32O2. The first-order valence-corrected chi connectivity index (χ1v) is 9.05. The molecule has 1 saturated carbocycles. The van der Waals surface area contributed by atoms with Gasteiger partial charge in [0.05, 0.1) is 12.5 Å². The summed E-state index contributed by atoms with van der Waals surface area (Å²) in [6.07, 6.45) is 5.42. The van der Waals surface area contributed by atoms with Crippen molar-refractivity contribution in [2.45, 2.75) is 65.7 Å². The molecule has 1 fully saturated rings. The second kappa shape index (κ2) is 7.51. The zero-order chi connectivity index (χ0) is 17.0. The van der Waals surface area contributed by atoms with Crippen molar-refractivity contribution in [2.24, 2.45) is 17.3 Å². The Labute approximate surface area is 141 Å². The van der Waals surface area contributed by atoms with Gasteiger partial charge in [-0.2, -0.15) is 0 Å². The fourth-order valence-electron chi connectivity index (χ4n) is 4.33.